The zero-order chi connectivity index (χ0) is 21.4. The number of carboxylic acid groups (broad SMARTS) is 1. The lowest BCUT2D eigenvalue weighted by Crippen LogP contribution is -2.54. The van der Waals surface area contributed by atoms with E-state index in [0.29, 0.717) is 16.8 Å². The predicted octanol–water partition coefficient (Wildman–Crippen LogP) is 2.87. The van der Waals surface area contributed by atoms with Gasteiger partial charge >= 0.3 is 5.97 Å². The number of hydrogen-bond acceptors (Lipinski definition) is 4. The van der Waals surface area contributed by atoms with Crippen molar-refractivity contribution in [2.45, 2.75) is 13.5 Å². The molecule has 0 atom stereocenters. The number of thiocarbonyl (C=S) groups is 1. The van der Waals surface area contributed by atoms with Crippen molar-refractivity contribution in [1.82, 2.24) is 9.88 Å². The molecule has 8 heteroatoms. The minimum Gasteiger partial charge on any atom is -0.480 e. The number of nitrogens with zero attached hydrogens (tertiary/aromatic N) is 2. The number of carboxylic acids is 1. The third-order valence-corrected chi connectivity index (χ3v) is 5.17. The number of fused-ring (bicyclic) bond motifs is 1. The number of anilines is 1. The number of aliphatic carboxylic acids is 1. The van der Waals surface area contributed by atoms with E-state index in [1.807, 2.05) is 31.2 Å². The van der Waals surface area contributed by atoms with Crippen molar-refractivity contribution in [3.8, 4) is 0 Å². The Morgan fingerprint density at radius 2 is 1.83 bits per heavy atom. The Labute approximate surface area is 177 Å². The number of aryl methyl sites for hydroxylation is 1. The molecule has 0 spiro atoms. The van der Waals surface area contributed by atoms with E-state index in [1.54, 1.807) is 35.0 Å². The van der Waals surface area contributed by atoms with Gasteiger partial charge in [-0.2, -0.15) is 0 Å². The summed E-state index contributed by atoms with van der Waals surface area (Å²) in [7, 11) is 0. The molecule has 7 nitrogen and oxygen atoms in total. The van der Waals surface area contributed by atoms with E-state index in [2.05, 4.69) is 5.32 Å². The van der Waals surface area contributed by atoms with Gasteiger partial charge in [-0.15, -0.1) is 0 Å². The van der Waals surface area contributed by atoms with Crippen molar-refractivity contribution < 1.29 is 19.5 Å². The van der Waals surface area contributed by atoms with Gasteiger partial charge < -0.3 is 9.67 Å². The number of benzene rings is 2. The second-order valence-corrected chi connectivity index (χ2v) is 7.25. The van der Waals surface area contributed by atoms with Crippen LogP contribution in [-0.4, -0.2) is 32.6 Å². The molecule has 0 bridgehead atoms. The second kappa shape index (κ2) is 7.57. The first-order valence-electron chi connectivity index (χ1n) is 9.13. The van der Waals surface area contributed by atoms with Crippen LogP contribution in [0.2, 0.25) is 0 Å². The molecule has 0 unspecified atom stereocenters. The van der Waals surface area contributed by atoms with E-state index in [4.69, 9.17) is 12.2 Å². The number of aromatic nitrogens is 1. The number of para-hydroxylation sites is 2. The van der Waals surface area contributed by atoms with Gasteiger partial charge in [-0.05, 0) is 42.9 Å². The van der Waals surface area contributed by atoms with Gasteiger partial charge in [-0.1, -0.05) is 36.4 Å². The first-order valence-corrected chi connectivity index (χ1v) is 9.54. The highest BCUT2D eigenvalue weighted by molar-refractivity contribution is 7.80. The second-order valence-electron chi connectivity index (χ2n) is 6.87. The number of hydrogen-bond donors (Lipinski definition) is 2. The van der Waals surface area contributed by atoms with Crippen molar-refractivity contribution in [3.05, 3.63) is 71.4 Å². The van der Waals surface area contributed by atoms with E-state index in [-0.39, 0.29) is 17.2 Å². The third-order valence-electron chi connectivity index (χ3n) is 4.88. The standard InChI is InChI=1S/C22H17N3O4S/c1-13-6-2-4-8-17(13)25-21(29)16(20(28)23-22(25)30)10-14-11-24(12-19(26)27)18-9-5-3-7-15(14)18/h2-11H,12H2,1H3,(H,26,27)(H,23,28,30). The van der Waals surface area contributed by atoms with Gasteiger partial charge in [0.1, 0.15) is 12.1 Å². The van der Waals surface area contributed by atoms with Crippen molar-refractivity contribution in [2.75, 3.05) is 4.90 Å². The van der Waals surface area contributed by atoms with E-state index >= 15 is 0 Å². The zero-order valence-electron chi connectivity index (χ0n) is 16.0. The summed E-state index contributed by atoms with van der Waals surface area (Å²) in [5.74, 6) is -2.12. The van der Waals surface area contributed by atoms with Gasteiger partial charge in [-0.3, -0.25) is 24.6 Å². The van der Waals surface area contributed by atoms with Crippen LogP contribution in [0, 0.1) is 6.92 Å². The molecule has 3 aromatic rings. The summed E-state index contributed by atoms with van der Waals surface area (Å²) in [5, 5.41) is 12.5. The quantitative estimate of drug-likeness (QED) is 0.386. The molecule has 0 radical (unpaired) electrons. The molecule has 2 heterocycles. The molecule has 1 aromatic heterocycles. The Kier molecular flexibility index (Phi) is 4.93. The van der Waals surface area contributed by atoms with Crippen molar-refractivity contribution in [3.63, 3.8) is 0 Å². The summed E-state index contributed by atoms with van der Waals surface area (Å²) in [6, 6.07) is 14.5. The van der Waals surface area contributed by atoms with Gasteiger partial charge in [0.05, 0.1) is 5.69 Å². The van der Waals surface area contributed by atoms with E-state index in [1.165, 1.54) is 11.0 Å². The fraction of sp³-hybridized carbons (Fsp3) is 0.0909. The molecule has 30 heavy (non-hydrogen) atoms. The SMILES string of the molecule is Cc1ccccc1N1C(=O)C(=Cc2cn(CC(=O)O)c3ccccc23)C(=O)NC1=S. The number of carbonyl (C=O) groups is 3. The Morgan fingerprint density at radius 3 is 2.57 bits per heavy atom. The number of carbonyl (C=O) groups excluding carboxylic acids is 2. The highest BCUT2D eigenvalue weighted by atomic mass is 32.1. The molecule has 150 valence electrons. The van der Waals surface area contributed by atoms with E-state index in [0.717, 1.165) is 10.9 Å². The average Bonchev–Trinajstić information content (AvgIpc) is 3.03. The third kappa shape index (κ3) is 3.37. The van der Waals surface area contributed by atoms with Crippen molar-refractivity contribution in [2.24, 2.45) is 0 Å². The normalized spacial score (nSPS) is 15.7. The molecule has 2 amide bonds. The van der Waals surface area contributed by atoms with Gasteiger partial charge in [-0.25, -0.2) is 0 Å². The lowest BCUT2D eigenvalue weighted by molar-refractivity contribution is -0.137. The highest BCUT2D eigenvalue weighted by Crippen LogP contribution is 2.28. The Balaban J connectivity index is 1.82. The van der Waals surface area contributed by atoms with Crippen LogP contribution in [0.4, 0.5) is 5.69 Å². The maximum absolute atomic E-state index is 13.2. The molecule has 1 saturated heterocycles. The molecule has 2 aromatic carbocycles. The first kappa shape index (κ1) is 19.5. The van der Waals surface area contributed by atoms with Crippen LogP contribution in [-0.2, 0) is 20.9 Å². The maximum atomic E-state index is 13.2. The monoisotopic (exact) mass is 419 g/mol. The number of amides is 2. The molecular weight excluding hydrogens is 402 g/mol. The summed E-state index contributed by atoms with van der Waals surface area (Å²) in [6.45, 7) is 1.62. The highest BCUT2D eigenvalue weighted by Gasteiger charge is 2.35. The minimum absolute atomic E-state index is 0.0183. The Morgan fingerprint density at radius 1 is 1.13 bits per heavy atom. The topological polar surface area (TPSA) is 91.6 Å². The Bertz CT molecular complexity index is 1260. The molecule has 1 aliphatic rings. The van der Waals surface area contributed by atoms with Crippen LogP contribution >= 0.6 is 12.2 Å². The lowest BCUT2D eigenvalue weighted by Gasteiger charge is -2.29. The molecular formula is C22H17N3O4S. The number of nitrogens with one attached hydrogen (secondary N) is 1. The average molecular weight is 419 g/mol. The molecule has 1 fully saturated rings. The largest absolute Gasteiger partial charge is 0.480 e. The molecule has 2 N–H and O–H groups in total. The van der Waals surface area contributed by atoms with Crippen LogP contribution < -0.4 is 10.2 Å². The van der Waals surface area contributed by atoms with E-state index < -0.39 is 17.8 Å². The van der Waals surface area contributed by atoms with Gasteiger partial charge in [0, 0.05) is 22.7 Å². The van der Waals surface area contributed by atoms with Gasteiger partial charge in [0.2, 0.25) is 0 Å². The molecule has 1 aliphatic heterocycles. The number of rotatable bonds is 4. The summed E-state index contributed by atoms with van der Waals surface area (Å²) in [6.07, 6.45) is 3.10. The Hall–Kier alpha value is -3.78. The summed E-state index contributed by atoms with van der Waals surface area (Å²) in [5.41, 5.74) is 2.61. The van der Waals surface area contributed by atoms with Crippen LogP contribution in [0.5, 0.6) is 0 Å². The van der Waals surface area contributed by atoms with Crippen LogP contribution in [0.1, 0.15) is 11.1 Å². The smallest absolute Gasteiger partial charge is 0.323 e. The van der Waals surface area contributed by atoms with Gasteiger partial charge in [0.15, 0.2) is 5.11 Å². The van der Waals surface area contributed by atoms with Crippen molar-refractivity contribution >= 4 is 57.8 Å². The first-order chi connectivity index (χ1) is 14.4. The zero-order valence-corrected chi connectivity index (χ0v) is 16.8. The molecule has 0 aliphatic carbocycles. The fourth-order valence-corrected chi connectivity index (χ4v) is 3.79. The van der Waals surface area contributed by atoms with Crippen LogP contribution in [0.25, 0.3) is 17.0 Å². The minimum atomic E-state index is -0.988. The summed E-state index contributed by atoms with van der Waals surface area (Å²) in [4.78, 5) is 38.3. The van der Waals surface area contributed by atoms with Crippen LogP contribution in [0.3, 0.4) is 0 Å². The van der Waals surface area contributed by atoms with Gasteiger partial charge in [0.25, 0.3) is 11.8 Å². The molecule has 4 rings (SSSR count). The summed E-state index contributed by atoms with van der Waals surface area (Å²) >= 11 is 5.25. The van der Waals surface area contributed by atoms with E-state index in [9.17, 15) is 19.5 Å². The fourth-order valence-electron chi connectivity index (χ4n) is 3.51. The lowest BCUT2D eigenvalue weighted by atomic mass is 10.1. The summed E-state index contributed by atoms with van der Waals surface area (Å²) < 4.78 is 1.57. The molecule has 0 saturated carbocycles. The predicted molar refractivity (Wildman–Crippen MR) is 117 cm³/mol. The maximum Gasteiger partial charge on any atom is 0.323 e. The van der Waals surface area contributed by atoms with Crippen LogP contribution in [0.15, 0.2) is 60.3 Å². The van der Waals surface area contributed by atoms with Crippen molar-refractivity contribution in [1.29, 1.82) is 0 Å².